The van der Waals surface area contributed by atoms with E-state index in [9.17, 15) is 4.79 Å². The van der Waals surface area contributed by atoms with Crippen LogP contribution in [0.25, 0.3) is 0 Å². The summed E-state index contributed by atoms with van der Waals surface area (Å²) in [5, 5.41) is 7.66. The fourth-order valence-corrected chi connectivity index (χ4v) is 4.17. The molecule has 1 amide bonds. The molecular weight excluding hydrogens is 284 g/mol. The van der Waals surface area contributed by atoms with Crippen LogP contribution in [0.1, 0.15) is 31.2 Å². The molecule has 0 aromatic carbocycles. The highest BCUT2D eigenvalue weighted by atomic mass is 32.1. The van der Waals surface area contributed by atoms with Crippen LogP contribution in [0.3, 0.4) is 0 Å². The first-order valence-corrected chi connectivity index (χ1v) is 8.70. The van der Waals surface area contributed by atoms with E-state index in [4.69, 9.17) is 4.74 Å². The van der Waals surface area contributed by atoms with Crippen molar-refractivity contribution in [3.05, 3.63) is 22.4 Å². The van der Waals surface area contributed by atoms with E-state index >= 15 is 0 Å². The van der Waals surface area contributed by atoms with E-state index in [0.29, 0.717) is 24.5 Å². The Bertz CT molecular complexity index is 469. The molecule has 1 aliphatic heterocycles. The van der Waals surface area contributed by atoms with Crippen molar-refractivity contribution in [2.75, 3.05) is 26.8 Å². The minimum Gasteiger partial charge on any atom is -0.384 e. The smallest absolute Gasteiger partial charge is 0.225 e. The molecule has 1 saturated heterocycles. The monoisotopic (exact) mass is 308 g/mol. The second-order valence-electron chi connectivity index (χ2n) is 6.23. The van der Waals surface area contributed by atoms with Gasteiger partial charge in [-0.25, -0.2) is 0 Å². The van der Waals surface area contributed by atoms with Gasteiger partial charge >= 0.3 is 0 Å². The number of carbonyl (C=O) groups excluding carboxylic acids is 1. The topological polar surface area (TPSA) is 41.6 Å². The largest absolute Gasteiger partial charge is 0.384 e. The number of piperidine rings is 1. The second-order valence-corrected chi connectivity index (χ2v) is 7.01. The maximum atomic E-state index is 12.6. The SMILES string of the molecule is COCCC(=O)N(Cc1ccsc1)[C@H]1CC12CCNCC2. The Morgan fingerprint density at radius 2 is 2.33 bits per heavy atom. The molecule has 1 aliphatic carbocycles. The molecule has 0 bridgehead atoms. The van der Waals surface area contributed by atoms with Crippen LogP contribution < -0.4 is 5.32 Å². The van der Waals surface area contributed by atoms with Crippen molar-refractivity contribution in [1.29, 1.82) is 0 Å². The van der Waals surface area contributed by atoms with Crippen LogP contribution in [0.15, 0.2) is 16.8 Å². The molecule has 1 aromatic heterocycles. The van der Waals surface area contributed by atoms with Crippen LogP contribution in [-0.4, -0.2) is 43.7 Å². The highest BCUT2D eigenvalue weighted by Crippen LogP contribution is 2.56. The average molecular weight is 308 g/mol. The molecule has 3 rings (SSSR count). The van der Waals surface area contributed by atoms with Gasteiger partial charge in [-0.3, -0.25) is 4.79 Å². The third kappa shape index (κ3) is 3.30. The summed E-state index contributed by atoms with van der Waals surface area (Å²) in [6.07, 6.45) is 4.08. The van der Waals surface area contributed by atoms with Crippen LogP contribution in [0, 0.1) is 5.41 Å². The molecule has 0 unspecified atom stereocenters. The predicted octanol–water partition coefficient (Wildman–Crippen LogP) is 2.26. The molecule has 1 spiro atoms. The first-order chi connectivity index (χ1) is 10.2. The summed E-state index contributed by atoms with van der Waals surface area (Å²) in [4.78, 5) is 14.7. The Morgan fingerprint density at radius 1 is 1.52 bits per heavy atom. The minimum absolute atomic E-state index is 0.239. The lowest BCUT2D eigenvalue weighted by molar-refractivity contribution is -0.134. The van der Waals surface area contributed by atoms with E-state index in [1.54, 1.807) is 18.4 Å². The van der Waals surface area contributed by atoms with Crippen molar-refractivity contribution < 1.29 is 9.53 Å². The van der Waals surface area contributed by atoms with E-state index in [1.807, 2.05) is 0 Å². The van der Waals surface area contributed by atoms with E-state index in [1.165, 1.54) is 24.8 Å². The number of amides is 1. The summed E-state index contributed by atoms with van der Waals surface area (Å²) in [5.74, 6) is 0.239. The summed E-state index contributed by atoms with van der Waals surface area (Å²) in [7, 11) is 1.65. The van der Waals surface area contributed by atoms with Crippen molar-refractivity contribution in [3.63, 3.8) is 0 Å². The Kier molecular flexibility index (Phi) is 4.62. The Balaban J connectivity index is 1.68. The lowest BCUT2D eigenvalue weighted by Gasteiger charge is -2.29. The molecule has 116 valence electrons. The molecule has 1 aromatic rings. The third-order valence-electron chi connectivity index (χ3n) is 4.90. The Morgan fingerprint density at radius 3 is 3.00 bits per heavy atom. The van der Waals surface area contributed by atoms with Gasteiger partial charge in [0.1, 0.15) is 0 Å². The first-order valence-electron chi connectivity index (χ1n) is 7.75. The summed E-state index contributed by atoms with van der Waals surface area (Å²) in [5.41, 5.74) is 1.64. The van der Waals surface area contributed by atoms with Gasteiger partial charge in [0.15, 0.2) is 0 Å². The molecule has 4 nitrogen and oxygen atoms in total. The molecule has 0 radical (unpaired) electrons. The fourth-order valence-electron chi connectivity index (χ4n) is 3.51. The minimum atomic E-state index is 0.239. The number of rotatable bonds is 6. The standard InChI is InChI=1S/C16H24N2O2S/c1-20-8-2-15(19)18(11-13-3-9-21-12-13)14-10-16(14)4-6-17-7-5-16/h3,9,12,14,17H,2,4-8,10-11H2,1H3/t14-/m0/s1. The molecule has 1 saturated carbocycles. The van der Waals surface area contributed by atoms with E-state index in [0.717, 1.165) is 19.6 Å². The zero-order chi connectivity index (χ0) is 14.7. The fraction of sp³-hybridized carbons (Fsp3) is 0.688. The van der Waals surface area contributed by atoms with Gasteiger partial charge in [-0.2, -0.15) is 11.3 Å². The second kappa shape index (κ2) is 6.46. The number of nitrogens with one attached hydrogen (secondary N) is 1. The predicted molar refractivity (Wildman–Crippen MR) is 84.3 cm³/mol. The van der Waals surface area contributed by atoms with Crippen LogP contribution >= 0.6 is 11.3 Å². The highest BCUT2D eigenvalue weighted by Gasteiger charge is 2.57. The molecule has 2 aliphatic rings. The van der Waals surface area contributed by atoms with E-state index < -0.39 is 0 Å². The number of nitrogens with zero attached hydrogens (tertiary/aromatic N) is 1. The number of ether oxygens (including phenoxy) is 1. The van der Waals surface area contributed by atoms with Crippen LogP contribution in [-0.2, 0) is 16.1 Å². The number of hydrogen-bond donors (Lipinski definition) is 1. The van der Waals surface area contributed by atoms with Crippen LogP contribution in [0.5, 0.6) is 0 Å². The molecule has 2 fully saturated rings. The summed E-state index contributed by atoms with van der Waals surface area (Å²) >= 11 is 1.70. The van der Waals surface area contributed by atoms with Crippen molar-refractivity contribution in [1.82, 2.24) is 10.2 Å². The molecule has 1 atom stereocenters. The summed E-state index contributed by atoms with van der Waals surface area (Å²) in [6, 6.07) is 2.56. The van der Waals surface area contributed by atoms with Gasteiger partial charge in [0, 0.05) is 19.7 Å². The van der Waals surface area contributed by atoms with Gasteiger partial charge in [-0.1, -0.05) is 0 Å². The zero-order valence-electron chi connectivity index (χ0n) is 12.6. The van der Waals surface area contributed by atoms with Gasteiger partial charge in [0.05, 0.1) is 13.0 Å². The quantitative estimate of drug-likeness (QED) is 0.876. The van der Waals surface area contributed by atoms with Crippen LogP contribution in [0.2, 0.25) is 0 Å². The lowest BCUT2D eigenvalue weighted by Crippen LogP contribution is -2.39. The highest BCUT2D eigenvalue weighted by molar-refractivity contribution is 7.07. The zero-order valence-corrected chi connectivity index (χ0v) is 13.5. The average Bonchev–Trinajstić information content (AvgIpc) is 2.95. The van der Waals surface area contributed by atoms with Crippen molar-refractivity contribution >= 4 is 17.2 Å². The number of carbonyl (C=O) groups is 1. The van der Waals surface area contributed by atoms with Crippen molar-refractivity contribution in [2.45, 2.75) is 38.3 Å². The van der Waals surface area contributed by atoms with Gasteiger partial charge in [0.2, 0.25) is 5.91 Å². The summed E-state index contributed by atoms with van der Waals surface area (Å²) in [6.45, 7) is 3.45. The third-order valence-corrected chi connectivity index (χ3v) is 5.63. The molecular formula is C16H24N2O2S. The normalized spacial score (nSPS) is 23.2. The van der Waals surface area contributed by atoms with Gasteiger partial charge < -0.3 is 15.0 Å². The van der Waals surface area contributed by atoms with Crippen LogP contribution in [0.4, 0.5) is 0 Å². The van der Waals surface area contributed by atoms with Gasteiger partial charge in [0.25, 0.3) is 0 Å². The number of hydrogen-bond acceptors (Lipinski definition) is 4. The van der Waals surface area contributed by atoms with E-state index in [2.05, 4.69) is 27.0 Å². The Hall–Kier alpha value is -0.910. The van der Waals surface area contributed by atoms with E-state index in [-0.39, 0.29) is 5.91 Å². The van der Waals surface area contributed by atoms with Gasteiger partial charge in [-0.05, 0) is 60.2 Å². The number of thiophene rings is 1. The number of methoxy groups -OCH3 is 1. The first kappa shape index (κ1) is 15.0. The maximum Gasteiger partial charge on any atom is 0.225 e. The van der Waals surface area contributed by atoms with Crippen molar-refractivity contribution in [2.24, 2.45) is 5.41 Å². The maximum absolute atomic E-state index is 12.6. The molecule has 5 heteroatoms. The Labute approximate surface area is 130 Å². The lowest BCUT2D eigenvalue weighted by atomic mass is 9.93. The molecule has 1 N–H and O–H groups in total. The van der Waals surface area contributed by atoms with Gasteiger partial charge in [-0.15, -0.1) is 0 Å². The molecule has 21 heavy (non-hydrogen) atoms. The summed E-state index contributed by atoms with van der Waals surface area (Å²) < 4.78 is 5.08. The molecule has 2 heterocycles. The van der Waals surface area contributed by atoms with Crippen molar-refractivity contribution in [3.8, 4) is 0 Å².